The number of amides is 2. The van der Waals surface area contributed by atoms with Gasteiger partial charge < -0.3 is 15.0 Å². The maximum atomic E-state index is 13.4. The van der Waals surface area contributed by atoms with Gasteiger partial charge in [-0.25, -0.2) is 4.39 Å². The van der Waals surface area contributed by atoms with Crippen molar-refractivity contribution in [2.45, 2.75) is 51.9 Å². The lowest BCUT2D eigenvalue weighted by molar-refractivity contribution is -0.0715. The number of carbonyl (C=O) groups is 2. The molecule has 2 fully saturated rings. The Morgan fingerprint density at radius 1 is 1.24 bits per heavy atom. The molecular weight excluding hydrogens is 465 g/mol. The van der Waals surface area contributed by atoms with Gasteiger partial charge in [0.15, 0.2) is 0 Å². The van der Waals surface area contributed by atoms with Crippen LogP contribution in [0.4, 0.5) is 9.39 Å². The Bertz CT molecular complexity index is 1040. The van der Waals surface area contributed by atoms with Crippen LogP contribution < -0.4 is 5.32 Å². The van der Waals surface area contributed by atoms with Crippen molar-refractivity contribution in [1.29, 1.82) is 0 Å². The third-order valence-corrected chi connectivity index (χ3v) is 7.58. The number of rotatable bonds is 5. The number of hydrogen-bond donors (Lipinski definition) is 1. The number of morpholine rings is 1. The molecule has 2 saturated heterocycles. The number of likely N-dealkylation sites (tertiary alicyclic amines) is 1. The van der Waals surface area contributed by atoms with Gasteiger partial charge in [0.2, 0.25) is 0 Å². The monoisotopic (exact) mass is 493 g/mol. The minimum absolute atomic E-state index is 0.00895. The summed E-state index contributed by atoms with van der Waals surface area (Å²) in [5.74, 6) is -0.929. The summed E-state index contributed by atoms with van der Waals surface area (Å²) in [6.07, 6.45) is 2.37. The highest BCUT2D eigenvalue weighted by atomic mass is 35.5. The SMILES string of the molecule is Cc1cc(NC(=O)c2ccc(F)cc2Cl)sc1C(=O)N1CCCC1CN1CC(C)OC(C)C1. The van der Waals surface area contributed by atoms with Crippen molar-refractivity contribution < 1.29 is 18.7 Å². The number of benzene rings is 1. The molecule has 3 atom stereocenters. The first kappa shape index (κ1) is 24.1. The van der Waals surface area contributed by atoms with Gasteiger partial charge in [0, 0.05) is 32.2 Å². The fourth-order valence-electron chi connectivity index (χ4n) is 4.76. The minimum atomic E-state index is -0.502. The van der Waals surface area contributed by atoms with E-state index in [2.05, 4.69) is 24.1 Å². The second-order valence-corrected chi connectivity index (χ2v) is 10.4. The summed E-state index contributed by atoms with van der Waals surface area (Å²) >= 11 is 7.27. The van der Waals surface area contributed by atoms with Gasteiger partial charge in [0.1, 0.15) is 5.82 Å². The molecule has 1 aromatic carbocycles. The molecule has 178 valence electrons. The second-order valence-electron chi connectivity index (χ2n) is 8.97. The van der Waals surface area contributed by atoms with Crippen molar-refractivity contribution in [1.82, 2.24) is 9.80 Å². The third-order valence-electron chi connectivity index (χ3n) is 6.13. The molecule has 2 aliphatic heterocycles. The topological polar surface area (TPSA) is 61.9 Å². The highest BCUT2D eigenvalue weighted by Gasteiger charge is 2.34. The van der Waals surface area contributed by atoms with Crippen LogP contribution in [0.3, 0.4) is 0 Å². The van der Waals surface area contributed by atoms with E-state index in [1.165, 1.54) is 23.5 Å². The van der Waals surface area contributed by atoms with Gasteiger partial charge >= 0.3 is 0 Å². The van der Waals surface area contributed by atoms with Crippen LogP contribution in [-0.2, 0) is 4.74 Å². The molecule has 2 amide bonds. The highest BCUT2D eigenvalue weighted by Crippen LogP contribution is 2.31. The van der Waals surface area contributed by atoms with Gasteiger partial charge in [-0.1, -0.05) is 11.6 Å². The van der Waals surface area contributed by atoms with E-state index in [4.69, 9.17) is 16.3 Å². The zero-order chi connectivity index (χ0) is 23.7. The molecule has 2 aromatic rings. The molecule has 1 N–H and O–H groups in total. The normalized spacial score (nSPS) is 23.7. The summed E-state index contributed by atoms with van der Waals surface area (Å²) in [5, 5.41) is 3.40. The predicted octanol–water partition coefficient (Wildman–Crippen LogP) is 4.82. The van der Waals surface area contributed by atoms with Crippen LogP contribution in [0.2, 0.25) is 5.02 Å². The van der Waals surface area contributed by atoms with Gasteiger partial charge in [-0.05, 0) is 63.4 Å². The van der Waals surface area contributed by atoms with Crippen molar-refractivity contribution >= 4 is 39.8 Å². The Morgan fingerprint density at radius 2 is 1.97 bits per heavy atom. The van der Waals surface area contributed by atoms with Crippen molar-refractivity contribution in [2.24, 2.45) is 0 Å². The molecule has 2 aliphatic rings. The number of hydrogen-bond acceptors (Lipinski definition) is 5. The molecule has 0 bridgehead atoms. The van der Waals surface area contributed by atoms with E-state index < -0.39 is 11.7 Å². The van der Waals surface area contributed by atoms with Crippen molar-refractivity contribution in [3.8, 4) is 0 Å². The summed E-state index contributed by atoms with van der Waals surface area (Å²) in [6.45, 7) is 9.39. The average Bonchev–Trinajstić information content (AvgIpc) is 3.32. The second kappa shape index (κ2) is 10.1. The molecule has 0 aliphatic carbocycles. The molecule has 9 heteroatoms. The quantitative estimate of drug-likeness (QED) is 0.649. The number of nitrogens with one attached hydrogen (secondary N) is 1. The van der Waals surface area contributed by atoms with Gasteiger partial charge in [-0.3, -0.25) is 14.5 Å². The first-order valence-corrected chi connectivity index (χ1v) is 12.5. The smallest absolute Gasteiger partial charge is 0.264 e. The Balaban J connectivity index is 1.44. The van der Waals surface area contributed by atoms with Gasteiger partial charge in [-0.2, -0.15) is 0 Å². The minimum Gasteiger partial charge on any atom is -0.373 e. The lowest BCUT2D eigenvalue weighted by atomic mass is 10.1. The van der Waals surface area contributed by atoms with Crippen molar-refractivity contribution in [3.63, 3.8) is 0 Å². The lowest BCUT2D eigenvalue weighted by Gasteiger charge is -2.38. The molecule has 6 nitrogen and oxygen atoms in total. The molecule has 0 radical (unpaired) electrons. The van der Waals surface area contributed by atoms with E-state index >= 15 is 0 Å². The highest BCUT2D eigenvalue weighted by molar-refractivity contribution is 7.18. The lowest BCUT2D eigenvalue weighted by Crippen LogP contribution is -2.50. The van der Waals surface area contributed by atoms with E-state index in [-0.39, 0.29) is 34.7 Å². The van der Waals surface area contributed by atoms with Crippen LogP contribution in [0.1, 0.15) is 52.3 Å². The largest absolute Gasteiger partial charge is 0.373 e. The third kappa shape index (κ3) is 5.57. The molecule has 1 aromatic heterocycles. The van der Waals surface area contributed by atoms with E-state index in [9.17, 15) is 14.0 Å². The summed E-state index contributed by atoms with van der Waals surface area (Å²) in [6, 6.07) is 5.62. The first-order chi connectivity index (χ1) is 15.7. The van der Waals surface area contributed by atoms with E-state index in [1.54, 1.807) is 6.07 Å². The van der Waals surface area contributed by atoms with E-state index in [0.29, 0.717) is 9.88 Å². The maximum absolute atomic E-state index is 13.4. The predicted molar refractivity (Wildman–Crippen MR) is 129 cm³/mol. The molecule has 33 heavy (non-hydrogen) atoms. The number of carbonyl (C=O) groups excluding carboxylic acids is 2. The van der Waals surface area contributed by atoms with Crippen molar-refractivity contribution in [2.75, 3.05) is 31.5 Å². The summed E-state index contributed by atoms with van der Waals surface area (Å²) in [5.41, 5.74) is 1.01. The molecule has 4 rings (SSSR count). The molecule has 3 heterocycles. The van der Waals surface area contributed by atoms with Crippen LogP contribution in [0.5, 0.6) is 0 Å². The van der Waals surface area contributed by atoms with Crippen LogP contribution in [0.25, 0.3) is 0 Å². The van der Waals surface area contributed by atoms with Gasteiger partial charge in [0.05, 0.1) is 32.7 Å². The fraction of sp³-hybridized carbons (Fsp3) is 0.500. The molecule has 0 spiro atoms. The summed E-state index contributed by atoms with van der Waals surface area (Å²) in [4.78, 5) is 31.0. The zero-order valence-corrected chi connectivity index (χ0v) is 20.6. The standard InChI is InChI=1S/C24H29ClFN3O3S/c1-14-9-21(27-23(30)19-7-6-17(26)10-20(19)25)33-22(14)24(31)29-8-4-5-18(29)13-28-11-15(2)32-16(3)12-28/h6-7,9-10,15-16,18H,4-5,8,11-13H2,1-3H3,(H,27,30). The Morgan fingerprint density at radius 3 is 2.67 bits per heavy atom. The van der Waals surface area contributed by atoms with E-state index in [1.807, 2.05) is 11.8 Å². The number of ether oxygens (including phenoxy) is 1. The first-order valence-electron chi connectivity index (χ1n) is 11.3. The number of nitrogens with zero attached hydrogens (tertiary/aromatic N) is 2. The number of aryl methyl sites for hydroxylation is 1. The fourth-order valence-corrected chi connectivity index (χ4v) is 6.04. The number of thiophene rings is 1. The van der Waals surface area contributed by atoms with E-state index in [0.717, 1.165) is 50.7 Å². The average molecular weight is 494 g/mol. The number of anilines is 1. The van der Waals surface area contributed by atoms with Gasteiger partial charge in [0.25, 0.3) is 11.8 Å². The van der Waals surface area contributed by atoms with Crippen LogP contribution in [0, 0.1) is 12.7 Å². The Hall–Kier alpha value is -2.00. The number of halogens is 2. The van der Waals surface area contributed by atoms with Crippen LogP contribution in [0.15, 0.2) is 24.3 Å². The molecule has 3 unspecified atom stereocenters. The maximum Gasteiger partial charge on any atom is 0.264 e. The summed E-state index contributed by atoms with van der Waals surface area (Å²) < 4.78 is 19.1. The summed E-state index contributed by atoms with van der Waals surface area (Å²) in [7, 11) is 0. The van der Waals surface area contributed by atoms with Gasteiger partial charge in [-0.15, -0.1) is 11.3 Å². The molecular formula is C24H29ClFN3O3S. The molecule has 0 saturated carbocycles. The van der Waals surface area contributed by atoms with Crippen LogP contribution >= 0.6 is 22.9 Å². The van der Waals surface area contributed by atoms with Crippen LogP contribution in [-0.4, -0.2) is 66.0 Å². The zero-order valence-electron chi connectivity index (χ0n) is 19.1. The Kier molecular flexibility index (Phi) is 7.38. The Labute approximate surface area is 202 Å². The van der Waals surface area contributed by atoms with Crippen molar-refractivity contribution in [3.05, 3.63) is 51.1 Å².